The molecule has 0 aromatic heterocycles. The third-order valence-electron chi connectivity index (χ3n) is 3.94. The highest BCUT2D eigenvalue weighted by molar-refractivity contribution is 7.92. The van der Waals surface area contributed by atoms with Gasteiger partial charge in [-0.15, -0.1) is 0 Å². The van der Waals surface area contributed by atoms with Crippen LogP contribution in [0.5, 0.6) is 0 Å². The summed E-state index contributed by atoms with van der Waals surface area (Å²) in [6, 6.07) is 5.36. The smallest absolute Gasteiger partial charge is 0.243 e. The predicted molar refractivity (Wildman–Crippen MR) is 96.5 cm³/mol. The molecule has 0 radical (unpaired) electrons. The lowest BCUT2D eigenvalue weighted by atomic mass is 10.2. The maximum atomic E-state index is 13.0. The topological polar surface area (TPSA) is 101 Å². The fraction of sp³-hybridized carbons (Fsp3) is 0.562. The van der Waals surface area contributed by atoms with E-state index in [2.05, 4.69) is 5.32 Å². The molecule has 1 N–H and O–H groups in total. The second-order valence-corrected chi connectivity index (χ2v) is 10.9. The quantitative estimate of drug-likeness (QED) is 0.795. The summed E-state index contributed by atoms with van der Waals surface area (Å²) in [6.07, 6.45) is 0.318. The summed E-state index contributed by atoms with van der Waals surface area (Å²) in [7, 11) is -7.01. The molecular formula is C16H24N2O5S2. The average molecular weight is 389 g/mol. The zero-order valence-electron chi connectivity index (χ0n) is 14.6. The first-order chi connectivity index (χ1) is 11.5. The summed E-state index contributed by atoms with van der Waals surface area (Å²) in [5.74, 6) is -0.295. The molecule has 0 spiro atoms. The second-order valence-electron chi connectivity index (χ2n) is 6.73. The SMILES string of the molecule is CC(=O)Nc1ccc(S(=O)(=O)N(CC(C)C)[C@H]2CCS(=O)(=O)C2)cc1. The van der Waals surface area contributed by atoms with Crippen LogP contribution in [0.4, 0.5) is 5.69 Å². The Labute approximate surface area is 149 Å². The number of nitrogens with zero attached hydrogens (tertiary/aromatic N) is 1. The van der Waals surface area contributed by atoms with Gasteiger partial charge in [-0.25, -0.2) is 16.8 Å². The number of carbonyl (C=O) groups excluding carboxylic acids is 1. The van der Waals surface area contributed by atoms with Crippen LogP contribution in [0, 0.1) is 5.92 Å². The van der Waals surface area contributed by atoms with Crippen LogP contribution < -0.4 is 5.32 Å². The summed E-state index contributed by atoms with van der Waals surface area (Å²) in [4.78, 5) is 11.2. The second kappa shape index (κ2) is 7.43. The summed E-state index contributed by atoms with van der Waals surface area (Å²) in [5, 5.41) is 2.58. The molecule has 9 heteroatoms. The summed E-state index contributed by atoms with van der Waals surface area (Å²) in [5.41, 5.74) is 0.505. The van der Waals surface area contributed by atoms with Gasteiger partial charge in [-0.1, -0.05) is 13.8 Å². The third kappa shape index (κ3) is 5.02. The van der Waals surface area contributed by atoms with Crippen LogP contribution in [0.25, 0.3) is 0 Å². The van der Waals surface area contributed by atoms with Crippen LogP contribution in [0.3, 0.4) is 0 Å². The largest absolute Gasteiger partial charge is 0.326 e. The van der Waals surface area contributed by atoms with Crippen molar-refractivity contribution in [3.8, 4) is 0 Å². The summed E-state index contributed by atoms with van der Waals surface area (Å²) in [6.45, 7) is 5.42. The first-order valence-corrected chi connectivity index (χ1v) is 11.4. The van der Waals surface area contributed by atoms with Crippen molar-refractivity contribution in [2.75, 3.05) is 23.4 Å². The molecule has 1 aliphatic heterocycles. The van der Waals surface area contributed by atoms with E-state index < -0.39 is 25.9 Å². The van der Waals surface area contributed by atoms with Gasteiger partial charge in [-0.2, -0.15) is 4.31 Å². The van der Waals surface area contributed by atoms with Gasteiger partial charge < -0.3 is 5.32 Å². The highest BCUT2D eigenvalue weighted by Gasteiger charge is 2.38. The maximum Gasteiger partial charge on any atom is 0.243 e. The number of anilines is 1. The molecule has 1 aliphatic rings. The number of benzene rings is 1. The number of sulfone groups is 1. The van der Waals surface area contributed by atoms with Gasteiger partial charge in [0.05, 0.1) is 16.4 Å². The number of hydrogen-bond acceptors (Lipinski definition) is 5. The minimum absolute atomic E-state index is 0.0171. The van der Waals surface area contributed by atoms with E-state index in [9.17, 15) is 21.6 Å². The van der Waals surface area contributed by atoms with Crippen molar-refractivity contribution in [1.82, 2.24) is 4.31 Å². The van der Waals surface area contributed by atoms with Gasteiger partial charge in [0.15, 0.2) is 9.84 Å². The molecule has 140 valence electrons. The molecule has 2 rings (SSSR count). The van der Waals surface area contributed by atoms with Crippen LogP contribution in [0.2, 0.25) is 0 Å². The minimum atomic E-state index is -3.82. The fourth-order valence-electron chi connectivity index (χ4n) is 2.85. The third-order valence-corrected chi connectivity index (χ3v) is 7.62. The van der Waals surface area contributed by atoms with Gasteiger partial charge in [0.2, 0.25) is 15.9 Å². The van der Waals surface area contributed by atoms with Gasteiger partial charge in [-0.05, 0) is 36.6 Å². The van der Waals surface area contributed by atoms with Crippen molar-refractivity contribution >= 4 is 31.5 Å². The average Bonchev–Trinajstić information content (AvgIpc) is 2.84. The van der Waals surface area contributed by atoms with E-state index in [4.69, 9.17) is 0 Å². The van der Waals surface area contributed by atoms with Crippen molar-refractivity contribution < 1.29 is 21.6 Å². The van der Waals surface area contributed by atoms with E-state index in [1.165, 1.54) is 35.5 Å². The standard InChI is InChI=1S/C16H24N2O5S2/c1-12(2)10-18(15-8-9-24(20,21)11-15)25(22,23)16-6-4-14(5-7-16)17-13(3)19/h4-7,12,15H,8-11H2,1-3H3,(H,17,19)/t15-/m0/s1. The number of hydrogen-bond donors (Lipinski definition) is 1. The zero-order chi connectivity index (χ0) is 18.8. The van der Waals surface area contributed by atoms with Gasteiger partial charge in [0, 0.05) is 25.2 Å². The lowest BCUT2D eigenvalue weighted by Crippen LogP contribution is -2.43. The molecular weight excluding hydrogens is 364 g/mol. The Morgan fingerprint density at radius 3 is 2.32 bits per heavy atom. The van der Waals surface area contributed by atoms with Gasteiger partial charge in [0.1, 0.15) is 0 Å². The van der Waals surface area contributed by atoms with Crippen molar-refractivity contribution in [2.45, 2.75) is 38.1 Å². The Morgan fingerprint density at radius 1 is 1.28 bits per heavy atom. The van der Waals surface area contributed by atoms with Crippen LogP contribution >= 0.6 is 0 Å². The Morgan fingerprint density at radius 2 is 1.88 bits per heavy atom. The Kier molecular flexibility index (Phi) is 5.90. The first-order valence-electron chi connectivity index (χ1n) is 8.11. The molecule has 0 aliphatic carbocycles. The number of nitrogens with one attached hydrogen (secondary N) is 1. The molecule has 0 bridgehead atoms. The van der Waals surface area contributed by atoms with Crippen molar-refractivity contribution in [3.63, 3.8) is 0 Å². The number of sulfonamides is 1. The van der Waals surface area contributed by atoms with Crippen molar-refractivity contribution in [3.05, 3.63) is 24.3 Å². The Hall–Kier alpha value is -1.45. The molecule has 1 aromatic carbocycles. The van der Waals surface area contributed by atoms with E-state index in [0.29, 0.717) is 12.1 Å². The summed E-state index contributed by atoms with van der Waals surface area (Å²) >= 11 is 0. The summed E-state index contributed by atoms with van der Waals surface area (Å²) < 4.78 is 51.0. The van der Waals surface area contributed by atoms with E-state index in [0.717, 1.165) is 0 Å². The fourth-order valence-corrected chi connectivity index (χ4v) is 6.50. The van der Waals surface area contributed by atoms with Gasteiger partial charge >= 0.3 is 0 Å². The van der Waals surface area contributed by atoms with Crippen LogP contribution in [-0.2, 0) is 24.7 Å². The number of amides is 1. The highest BCUT2D eigenvalue weighted by atomic mass is 32.2. The minimum Gasteiger partial charge on any atom is -0.326 e. The predicted octanol–water partition coefficient (Wildman–Crippen LogP) is 1.48. The van der Waals surface area contributed by atoms with Crippen LogP contribution in [0.15, 0.2) is 29.2 Å². The lowest BCUT2D eigenvalue weighted by molar-refractivity contribution is -0.114. The van der Waals surface area contributed by atoms with E-state index in [1.807, 2.05) is 13.8 Å². The normalized spacial score (nSPS) is 20.1. The van der Waals surface area contributed by atoms with Crippen LogP contribution in [0.1, 0.15) is 27.2 Å². The zero-order valence-corrected chi connectivity index (χ0v) is 16.2. The van der Waals surface area contributed by atoms with Gasteiger partial charge in [0.25, 0.3) is 0 Å². The lowest BCUT2D eigenvalue weighted by Gasteiger charge is -2.29. The van der Waals surface area contributed by atoms with Crippen molar-refractivity contribution in [1.29, 1.82) is 0 Å². The number of rotatable bonds is 6. The van der Waals surface area contributed by atoms with Crippen LogP contribution in [-0.4, -0.2) is 51.1 Å². The van der Waals surface area contributed by atoms with E-state index in [-0.39, 0.29) is 34.8 Å². The molecule has 1 aromatic rings. The molecule has 1 heterocycles. The molecule has 1 amide bonds. The monoisotopic (exact) mass is 388 g/mol. The van der Waals surface area contributed by atoms with Crippen molar-refractivity contribution in [2.24, 2.45) is 5.92 Å². The molecule has 1 fully saturated rings. The Balaban J connectivity index is 2.33. The number of carbonyl (C=O) groups is 1. The van der Waals surface area contributed by atoms with E-state index >= 15 is 0 Å². The molecule has 0 saturated carbocycles. The first kappa shape index (κ1) is 19.9. The molecule has 0 unspecified atom stereocenters. The molecule has 1 saturated heterocycles. The molecule has 25 heavy (non-hydrogen) atoms. The molecule has 1 atom stereocenters. The maximum absolute atomic E-state index is 13.0. The Bertz CT molecular complexity index is 830. The van der Waals surface area contributed by atoms with E-state index in [1.54, 1.807) is 0 Å². The van der Waals surface area contributed by atoms with Gasteiger partial charge in [-0.3, -0.25) is 4.79 Å². The highest BCUT2D eigenvalue weighted by Crippen LogP contribution is 2.26. The molecule has 7 nitrogen and oxygen atoms in total.